The van der Waals surface area contributed by atoms with E-state index >= 15 is 0 Å². The van der Waals surface area contributed by atoms with Gasteiger partial charge in [0.1, 0.15) is 0 Å². The summed E-state index contributed by atoms with van der Waals surface area (Å²) in [7, 11) is -3.70. The van der Waals surface area contributed by atoms with Crippen molar-refractivity contribution in [2.24, 2.45) is 11.8 Å². The molecule has 2 fully saturated rings. The molecule has 1 atom stereocenters. The summed E-state index contributed by atoms with van der Waals surface area (Å²) in [4.78, 5) is 28.9. The number of fused-ring (bicyclic) bond motifs is 1. The van der Waals surface area contributed by atoms with Gasteiger partial charge in [-0.25, -0.2) is 8.42 Å². The van der Waals surface area contributed by atoms with Gasteiger partial charge >= 0.3 is 0 Å². The molecule has 1 aliphatic carbocycles. The van der Waals surface area contributed by atoms with Crippen LogP contribution >= 0.6 is 15.9 Å². The highest BCUT2D eigenvalue weighted by Crippen LogP contribution is 2.41. The number of carbonyl (C=O) groups excluding carboxylic acids is 2. The van der Waals surface area contributed by atoms with Crippen LogP contribution in [0.5, 0.6) is 0 Å². The molecule has 6 nitrogen and oxygen atoms in total. The molecule has 1 unspecified atom stereocenters. The Hall–Kier alpha value is -1.41. The maximum atomic E-state index is 13.2. The standard InChI is InChI=1S/C21H27BrN2O4S/c1-14-3-2-8-23(13-14)19(25)7-10-29(27,28)18-12-17(22)11-16-6-9-24(20(16)18)21(26)15-4-5-15/h11-12,14-15H,2-10,13H2,1H3. The zero-order valence-electron chi connectivity index (χ0n) is 16.7. The van der Waals surface area contributed by atoms with Crippen molar-refractivity contribution in [3.63, 3.8) is 0 Å². The van der Waals surface area contributed by atoms with Crippen molar-refractivity contribution in [3.05, 3.63) is 22.2 Å². The molecule has 2 aliphatic heterocycles. The SMILES string of the molecule is CC1CCCN(C(=O)CCS(=O)(=O)c2cc(Br)cc3c2N(C(=O)C2CC2)CC3)C1. The molecular weight excluding hydrogens is 456 g/mol. The van der Waals surface area contributed by atoms with Crippen LogP contribution in [0.25, 0.3) is 0 Å². The Bertz CT molecular complexity index is 942. The van der Waals surface area contributed by atoms with Crippen LogP contribution in [0.4, 0.5) is 5.69 Å². The fraction of sp³-hybridized carbons (Fsp3) is 0.619. The number of anilines is 1. The minimum atomic E-state index is -3.70. The lowest BCUT2D eigenvalue weighted by molar-refractivity contribution is -0.132. The lowest BCUT2D eigenvalue weighted by Crippen LogP contribution is -2.39. The van der Waals surface area contributed by atoms with Gasteiger partial charge in [-0.05, 0) is 55.7 Å². The minimum Gasteiger partial charge on any atom is -0.342 e. The van der Waals surface area contributed by atoms with E-state index in [2.05, 4.69) is 22.9 Å². The molecular formula is C21H27BrN2O4S. The molecule has 4 rings (SSSR count). The van der Waals surface area contributed by atoms with E-state index in [-0.39, 0.29) is 34.8 Å². The summed E-state index contributed by atoms with van der Waals surface area (Å²) in [5.74, 6) is 0.187. The average molecular weight is 483 g/mol. The second kappa shape index (κ2) is 8.02. The van der Waals surface area contributed by atoms with Crippen molar-refractivity contribution in [1.29, 1.82) is 0 Å². The molecule has 1 saturated carbocycles. The van der Waals surface area contributed by atoms with Crippen molar-refractivity contribution in [2.75, 3.05) is 30.3 Å². The van der Waals surface area contributed by atoms with Crippen LogP contribution in [0.15, 0.2) is 21.5 Å². The van der Waals surface area contributed by atoms with Crippen molar-refractivity contribution >= 4 is 43.3 Å². The third kappa shape index (κ3) is 4.38. The van der Waals surface area contributed by atoms with E-state index in [1.807, 2.05) is 6.07 Å². The third-order valence-electron chi connectivity index (χ3n) is 6.12. The zero-order valence-corrected chi connectivity index (χ0v) is 19.1. The van der Waals surface area contributed by atoms with Gasteiger partial charge in [-0.15, -0.1) is 0 Å². The maximum absolute atomic E-state index is 13.2. The fourth-order valence-electron chi connectivity index (χ4n) is 4.38. The molecule has 158 valence electrons. The number of hydrogen-bond acceptors (Lipinski definition) is 4. The van der Waals surface area contributed by atoms with Crippen LogP contribution in [0.3, 0.4) is 0 Å². The topological polar surface area (TPSA) is 74.8 Å². The molecule has 0 aromatic heterocycles. The molecule has 3 aliphatic rings. The molecule has 29 heavy (non-hydrogen) atoms. The number of hydrogen-bond donors (Lipinski definition) is 0. The molecule has 0 bridgehead atoms. The number of sulfone groups is 1. The largest absolute Gasteiger partial charge is 0.342 e. The van der Waals surface area contributed by atoms with Crippen LogP contribution in [0.1, 0.15) is 44.6 Å². The number of likely N-dealkylation sites (tertiary alicyclic amines) is 1. The second-order valence-corrected chi connectivity index (χ2v) is 11.6. The number of amides is 2. The molecule has 1 saturated heterocycles. The van der Waals surface area contributed by atoms with E-state index in [0.717, 1.165) is 31.2 Å². The van der Waals surface area contributed by atoms with Crippen LogP contribution in [-0.2, 0) is 25.8 Å². The Morgan fingerprint density at radius 3 is 2.62 bits per heavy atom. The lowest BCUT2D eigenvalue weighted by atomic mass is 10.0. The summed E-state index contributed by atoms with van der Waals surface area (Å²) in [5, 5.41) is 0. The Morgan fingerprint density at radius 1 is 1.17 bits per heavy atom. The van der Waals surface area contributed by atoms with Crippen LogP contribution in [0, 0.1) is 11.8 Å². The minimum absolute atomic E-state index is 0.0209. The number of rotatable bonds is 5. The van der Waals surface area contributed by atoms with Crippen LogP contribution in [0.2, 0.25) is 0 Å². The zero-order chi connectivity index (χ0) is 20.8. The van der Waals surface area contributed by atoms with Crippen molar-refractivity contribution in [2.45, 2.75) is 50.3 Å². The molecule has 0 radical (unpaired) electrons. The molecule has 1 aromatic carbocycles. The Kier molecular flexibility index (Phi) is 5.77. The Morgan fingerprint density at radius 2 is 1.93 bits per heavy atom. The van der Waals surface area contributed by atoms with E-state index in [4.69, 9.17) is 0 Å². The molecule has 1 aromatic rings. The molecule has 0 N–H and O–H groups in total. The van der Waals surface area contributed by atoms with Crippen molar-refractivity contribution in [3.8, 4) is 0 Å². The first-order chi connectivity index (χ1) is 13.8. The monoisotopic (exact) mass is 482 g/mol. The Balaban J connectivity index is 1.55. The quantitative estimate of drug-likeness (QED) is 0.645. The number of benzene rings is 1. The smallest absolute Gasteiger partial charge is 0.230 e. The van der Waals surface area contributed by atoms with Gasteiger partial charge in [0, 0.05) is 36.4 Å². The molecule has 2 amide bonds. The number of nitrogens with zero attached hydrogens (tertiary/aromatic N) is 2. The van der Waals surface area contributed by atoms with Gasteiger partial charge in [0.25, 0.3) is 0 Å². The first-order valence-corrected chi connectivity index (χ1v) is 12.8. The van der Waals surface area contributed by atoms with Gasteiger partial charge in [-0.2, -0.15) is 0 Å². The van der Waals surface area contributed by atoms with Gasteiger partial charge in [0.15, 0.2) is 9.84 Å². The van der Waals surface area contributed by atoms with Crippen LogP contribution in [-0.4, -0.2) is 50.5 Å². The summed E-state index contributed by atoms with van der Waals surface area (Å²) in [5.41, 5.74) is 1.41. The summed E-state index contributed by atoms with van der Waals surface area (Å²) < 4.78 is 27.1. The van der Waals surface area contributed by atoms with E-state index in [9.17, 15) is 18.0 Å². The van der Waals surface area contributed by atoms with Gasteiger partial charge < -0.3 is 9.80 Å². The summed E-state index contributed by atoms with van der Waals surface area (Å²) in [6, 6.07) is 3.48. The van der Waals surface area contributed by atoms with Crippen molar-refractivity contribution < 1.29 is 18.0 Å². The maximum Gasteiger partial charge on any atom is 0.230 e. The predicted octanol–water partition coefficient (Wildman–Crippen LogP) is 3.17. The number of piperidine rings is 1. The molecule has 2 heterocycles. The lowest BCUT2D eigenvalue weighted by Gasteiger charge is -2.31. The highest BCUT2D eigenvalue weighted by molar-refractivity contribution is 9.10. The van der Waals surface area contributed by atoms with E-state index in [1.54, 1.807) is 15.9 Å². The fourth-order valence-corrected chi connectivity index (χ4v) is 6.55. The van der Waals surface area contributed by atoms with Gasteiger partial charge in [0.05, 0.1) is 16.3 Å². The number of halogens is 1. The average Bonchev–Trinajstić information content (AvgIpc) is 3.45. The second-order valence-electron chi connectivity index (χ2n) is 8.58. The van der Waals surface area contributed by atoms with E-state index in [0.29, 0.717) is 42.1 Å². The highest BCUT2D eigenvalue weighted by Gasteiger charge is 2.39. The number of carbonyl (C=O) groups is 2. The normalized spacial score (nSPS) is 21.9. The van der Waals surface area contributed by atoms with Gasteiger partial charge in [-0.3, -0.25) is 9.59 Å². The van der Waals surface area contributed by atoms with E-state index < -0.39 is 9.84 Å². The summed E-state index contributed by atoms with van der Waals surface area (Å²) in [6.45, 7) is 4.05. The highest BCUT2D eigenvalue weighted by atomic mass is 79.9. The Labute approximate surface area is 180 Å². The van der Waals surface area contributed by atoms with Gasteiger partial charge in [-0.1, -0.05) is 22.9 Å². The third-order valence-corrected chi connectivity index (χ3v) is 8.30. The molecule has 8 heteroatoms. The summed E-state index contributed by atoms with van der Waals surface area (Å²) in [6.07, 6.45) is 4.47. The first-order valence-electron chi connectivity index (χ1n) is 10.4. The van der Waals surface area contributed by atoms with E-state index in [1.165, 1.54) is 0 Å². The van der Waals surface area contributed by atoms with Gasteiger partial charge in [0.2, 0.25) is 11.8 Å². The van der Waals surface area contributed by atoms with Crippen LogP contribution < -0.4 is 4.90 Å². The first kappa shape index (κ1) is 20.8. The molecule has 0 spiro atoms. The predicted molar refractivity (Wildman–Crippen MR) is 115 cm³/mol. The summed E-state index contributed by atoms with van der Waals surface area (Å²) >= 11 is 3.41. The van der Waals surface area contributed by atoms with Crippen molar-refractivity contribution in [1.82, 2.24) is 4.90 Å².